The van der Waals surface area contributed by atoms with Gasteiger partial charge in [0.2, 0.25) is 11.8 Å². The highest BCUT2D eigenvalue weighted by Crippen LogP contribution is 2.34. The second-order valence-electron chi connectivity index (χ2n) is 5.77. The third-order valence-corrected chi connectivity index (χ3v) is 4.02. The molecule has 1 saturated heterocycles. The fourth-order valence-corrected chi connectivity index (χ4v) is 2.69. The zero-order valence-electron chi connectivity index (χ0n) is 13.7. The molecule has 8 heteroatoms. The number of ether oxygens (including phenoxy) is 1. The Labute approximate surface area is 138 Å². The Bertz CT molecular complexity index is 786. The molecule has 0 bridgehead atoms. The Hall–Kier alpha value is -2.90. The van der Waals surface area contributed by atoms with Gasteiger partial charge in [-0.3, -0.25) is 9.59 Å². The maximum atomic E-state index is 12.4. The summed E-state index contributed by atoms with van der Waals surface area (Å²) in [7, 11) is 1.55. The third-order valence-electron chi connectivity index (χ3n) is 4.02. The zero-order valence-corrected chi connectivity index (χ0v) is 13.7. The first-order chi connectivity index (χ1) is 11.5. The van der Waals surface area contributed by atoms with E-state index in [4.69, 9.17) is 4.74 Å². The van der Waals surface area contributed by atoms with E-state index < -0.39 is 5.92 Å². The molecular formula is C16H18N4O4. The molecule has 2 amide bonds. The van der Waals surface area contributed by atoms with Crippen LogP contribution in [0.5, 0.6) is 5.75 Å². The number of benzene rings is 1. The highest BCUT2D eigenvalue weighted by atomic mass is 16.6. The van der Waals surface area contributed by atoms with Crippen LogP contribution in [0.3, 0.4) is 0 Å². The Morgan fingerprint density at radius 3 is 2.83 bits per heavy atom. The molecular weight excluding hydrogens is 312 g/mol. The molecule has 1 aromatic carbocycles. The Kier molecular flexibility index (Phi) is 4.20. The Morgan fingerprint density at radius 1 is 1.38 bits per heavy atom. The molecule has 24 heavy (non-hydrogen) atoms. The van der Waals surface area contributed by atoms with Gasteiger partial charge in [0, 0.05) is 13.0 Å². The molecule has 1 atom stereocenters. The SMILES string of the molecule is COc1ccc(C)cc1N1CC(C(=O)Nc2nonc2C)CC1=O. The molecule has 0 saturated carbocycles. The average Bonchev–Trinajstić information content (AvgIpc) is 3.13. The van der Waals surface area contributed by atoms with Gasteiger partial charge in [0.1, 0.15) is 11.4 Å². The van der Waals surface area contributed by atoms with Crippen LogP contribution in [-0.2, 0) is 9.59 Å². The molecule has 2 heterocycles. The molecule has 1 unspecified atom stereocenters. The maximum Gasteiger partial charge on any atom is 0.231 e. The van der Waals surface area contributed by atoms with Crippen LogP contribution >= 0.6 is 0 Å². The molecule has 1 fully saturated rings. The van der Waals surface area contributed by atoms with E-state index in [1.165, 1.54) is 0 Å². The van der Waals surface area contributed by atoms with E-state index in [0.717, 1.165) is 5.56 Å². The van der Waals surface area contributed by atoms with Crippen molar-refractivity contribution in [3.63, 3.8) is 0 Å². The van der Waals surface area contributed by atoms with Gasteiger partial charge in [-0.1, -0.05) is 11.2 Å². The van der Waals surface area contributed by atoms with Gasteiger partial charge in [0.05, 0.1) is 18.7 Å². The first kappa shape index (κ1) is 16.0. The minimum atomic E-state index is -0.473. The highest BCUT2D eigenvalue weighted by Gasteiger charge is 2.36. The minimum absolute atomic E-state index is 0.117. The predicted octanol–water partition coefficient (Wildman–Crippen LogP) is 1.69. The molecule has 126 valence electrons. The van der Waals surface area contributed by atoms with Crippen LogP contribution in [-0.4, -0.2) is 35.8 Å². The predicted molar refractivity (Wildman–Crippen MR) is 85.9 cm³/mol. The van der Waals surface area contributed by atoms with Gasteiger partial charge in [-0.15, -0.1) is 0 Å². The van der Waals surface area contributed by atoms with E-state index >= 15 is 0 Å². The minimum Gasteiger partial charge on any atom is -0.495 e. The summed E-state index contributed by atoms with van der Waals surface area (Å²) < 4.78 is 9.89. The monoisotopic (exact) mass is 330 g/mol. The lowest BCUT2D eigenvalue weighted by atomic mass is 10.1. The number of amides is 2. The van der Waals surface area contributed by atoms with E-state index in [2.05, 4.69) is 20.3 Å². The van der Waals surface area contributed by atoms with E-state index in [-0.39, 0.29) is 30.6 Å². The highest BCUT2D eigenvalue weighted by molar-refractivity contribution is 6.04. The smallest absolute Gasteiger partial charge is 0.231 e. The maximum absolute atomic E-state index is 12.4. The van der Waals surface area contributed by atoms with Gasteiger partial charge in [-0.25, -0.2) is 4.63 Å². The van der Waals surface area contributed by atoms with Gasteiger partial charge in [0.15, 0.2) is 5.82 Å². The van der Waals surface area contributed by atoms with Crippen molar-refractivity contribution in [2.24, 2.45) is 5.92 Å². The number of nitrogens with zero attached hydrogens (tertiary/aromatic N) is 3. The van der Waals surface area contributed by atoms with Crippen molar-refractivity contribution in [3.8, 4) is 5.75 Å². The molecule has 3 rings (SSSR count). The van der Waals surface area contributed by atoms with E-state index in [0.29, 0.717) is 17.1 Å². The fraction of sp³-hybridized carbons (Fsp3) is 0.375. The molecule has 1 aliphatic heterocycles. The standard InChI is InChI=1S/C16H18N4O4/c1-9-4-5-13(23-3)12(6-9)20-8-11(7-14(20)21)16(22)17-15-10(2)18-24-19-15/h4-6,11H,7-8H2,1-3H3,(H,17,19,22). The number of hydrogen-bond acceptors (Lipinski definition) is 6. The summed E-state index contributed by atoms with van der Waals surface area (Å²) in [4.78, 5) is 26.3. The van der Waals surface area contributed by atoms with Crippen LogP contribution in [0.2, 0.25) is 0 Å². The van der Waals surface area contributed by atoms with Crippen molar-refractivity contribution >= 4 is 23.3 Å². The van der Waals surface area contributed by atoms with Crippen LogP contribution in [0.1, 0.15) is 17.7 Å². The first-order valence-corrected chi connectivity index (χ1v) is 7.54. The lowest BCUT2D eigenvalue weighted by molar-refractivity contribution is -0.122. The van der Waals surface area contributed by atoms with E-state index in [1.807, 2.05) is 25.1 Å². The first-order valence-electron chi connectivity index (χ1n) is 7.54. The summed E-state index contributed by atoms with van der Waals surface area (Å²) in [5.74, 6) is 0.00901. The Balaban J connectivity index is 1.77. The van der Waals surface area contributed by atoms with Crippen molar-refractivity contribution in [2.75, 3.05) is 23.9 Å². The normalized spacial score (nSPS) is 17.2. The van der Waals surface area contributed by atoms with Gasteiger partial charge in [0.25, 0.3) is 0 Å². The molecule has 1 N–H and O–H groups in total. The Morgan fingerprint density at radius 2 is 2.17 bits per heavy atom. The van der Waals surface area contributed by atoms with E-state index in [1.54, 1.807) is 18.9 Å². The number of nitrogens with one attached hydrogen (secondary N) is 1. The summed E-state index contributed by atoms with van der Waals surface area (Å²) in [5.41, 5.74) is 2.18. The summed E-state index contributed by atoms with van der Waals surface area (Å²) in [6, 6.07) is 5.60. The van der Waals surface area contributed by atoms with Crippen molar-refractivity contribution < 1.29 is 19.0 Å². The van der Waals surface area contributed by atoms with Crippen molar-refractivity contribution in [1.82, 2.24) is 10.3 Å². The number of hydrogen-bond donors (Lipinski definition) is 1. The van der Waals surface area contributed by atoms with Gasteiger partial charge in [-0.05, 0) is 36.7 Å². The topological polar surface area (TPSA) is 97.6 Å². The average molecular weight is 330 g/mol. The molecule has 1 aromatic heterocycles. The molecule has 2 aromatic rings. The summed E-state index contributed by atoms with van der Waals surface area (Å²) in [5, 5.41) is 9.89. The van der Waals surface area contributed by atoms with Crippen LogP contribution in [0, 0.1) is 19.8 Å². The number of aryl methyl sites for hydroxylation is 2. The fourth-order valence-electron chi connectivity index (χ4n) is 2.69. The second kappa shape index (κ2) is 6.31. The van der Waals surface area contributed by atoms with Gasteiger partial charge in [-0.2, -0.15) is 0 Å². The summed E-state index contributed by atoms with van der Waals surface area (Å²) in [6.45, 7) is 3.90. The largest absolute Gasteiger partial charge is 0.495 e. The number of rotatable bonds is 4. The van der Waals surface area contributed by atoms with Crippen LogP contribution in [0.15, 0.2) is 22.8 Å². The second-order valence-corrected chi connectivity index (χ2v) is 5.77. The van der Waals surface area contributed by atoms with Gasteiger partial charge >= 0.3 is 0 Å². The molecule has 8 nitrogen and oxygen atoms in total. The molecule has 0 spiro atoms. The number of carbonyl (C=O) groups excluding carboxylic acids is 2. The van der Waals surface area contributed by atoms with Crippen molar-refractivity contribution in [2.45, 2.75) is 20.3 Å². The van der Waals surface area contributed by atoms with Gasteiger partial charge < -0.3 is 15.0 Å². The molecule has 1 aliphatic rings. The van der Waals surface area contributed by atoms with Crippen LogP contribution in [0.4, 0.5) is 11.5 Å². The zero-order chi connectivity index (χ0) is 17.3. The number of carbonyl (C=O) groups is 2. The van der Waals surface area contributed by atoms with E-state index in [9.17, 15) is 9.59 Å². The molecule has 0 radical (unpaired) electrons. The lowest BCUT2D eigenvalue weighted by Crippen LogP contribution is -2.28. The van der Waals surface area contributed by atoms with Crippen molar-refractivity contribution in [3.05, 3.63) is 29.5 Å². The number of methoxy groups -OCH3 is 1. The van der Waals surface area contributed by atoms with Crippen LogP contribution in [0.25, 0.3) is 0 Å². The lowest BCUT2D eigenvalue weighted by Gasteiger charge is -2.20. The quantitative estimate of drug-likeness (QED) is 0.916. The molecule has 0 aliphatic carbocycles. The summed E-state index contributed by atoms with van der Waals surface area (Å²) in [6.07, 6.45) is 0.132. The number of anilines is 2. The number of aromatic nitrogens is 2. The van der Waals surface area contributed by atoms with Crippen molar-refractivity contribution in [1.29, 1.82) is 0 Å². The summed E-state index contributed by atoms with van der Waals surface area (Å²) >= 11 is 0. The van der Waals surface area contributed by atoms with Crippen LogP contribution < -0.4 is 15.0 Å². The third kappa shape index (κ3) is 2.94.